The highest BCUT2D eigenvalue weighted by molar-refractivity contribution is 14.0. The van der Waals surface area contributed by atoms with Gasteiger partial charge in [-0.2, -0.15) is 11.8 Å². The van der Waals surface area contributed by atoms with Crippen molar-refractivity contribution in [3.05, 3.63) is 28.7 Å². The third kappa shape index (κ3) is 7.54. The van der Waals surface area contributed by atoms with Gasteiger partial charge in [0.25, 0.3) is 0 Å². The third-order valence-electron chi connectivity index (χ3n) is 4.49. The number of nitrogens with one attached hydrogen (secondary N) is 2. The lowest BCUT2D eigenvalue weighted by Crippen LogP contribution is -2.44. The first kappa shape index (κ1) is 22.9. The van der Waals surface area contributed by atoms with Gasteiger partial charge in [0.1, 0.15) is 0 Å². The molecule has 7 heteroatoms. The van der Waals surface area contributed by atoms with Gasteiger partial charge in [0.05, 0.1) is 0 Å². The van der Waals surface area contributed by atoms with Gasteiger partial charge in [-0.1, -0.05) is 15.9 Å². The van der Waals surface area contributed by atoms with Crippen LogP contribution in [0, 0.1) is 5.92 Å². The molecule has 1 saturated heterocycles. The summed E-state index contributed by atoms with van der Waals surface area (Å²) in [5.41, 5.74) is 1.31. The van der Waals surface area contributed by atoms with E-state index in [9.17, 15) is 0 Å². The zero-order chi connectivity index (χ0) is 17.6. The fourth-order valence-electron chi connectivity index (χ4n) is 2.72. The molecule has 1 unspecified atom stereocenters. The largest absolute Gasteiger partial charge is 0.371 e. The molecular formula is C18H30BrIN4S. The molecule has 1 aromatic carbocycles. The Kier molecular flexibility index (Phi) is 9.95. The molecule has 2 N–H and O–H groups in total. The minimum atomic E-state index is 0. The van der Waals surface area contributed by atoms with Crippen molar-refractivity contribution in [3.8, 4) is 0 Å². The molecule has 0 spiro atoms. The number of halogens is 2. The number of guanidine groups is 1. The van der Waals surface area contributed by atoms with E-state index in [1.807, 2.05) is 18.8 Å². The lowest BCUT2D eigenvalue weighted by Gasteiger charge is -2.24. The van der Waals surface area contributed by atoms with E-state index in [-0.39, 0.29) is 28.7 Å². The number of hydrogen-bond donors (Lipinski definition) is 2. The molecule has 0 bridgehead atoms. The molecule has 1 heterocycles. The van der Waals surface area contributed by atoms with E-state index in [1.54, 1.807) is 0 Å². The Morgan fingerprint density at radius 2 is 2.00 bits per heavy atom. The second-order valence-electron chi connectivity index (χ2n) is 6.85. The smallest absolute Gasteiger partial charge is 0.191 e. The highest BCUT2D eigenvalue weighted by Gasteiger charge is 2.23. The second-order valence-corrected chi connectivity index (χ2v) is 9.28. The number of aliphatic imine (C=N–C) groups is 1. The number of thioether (sulfide) groups is 1. The van der Waals surface area contributed by atoms with Gasteiger partial charge in [0.15, 0.2) is 5.96 Å². The maximum absolute atomic E-state index is 4.34. The minimum Gasteiger partial charge on any atom is -0.371 e. The Hall–Kier alpha value is -0.150. The van der Waals surface area contributed by atoms with Crippen LogP contribution < -0.4 is 15.5 Å². The first-order valence-corrected chi connectivity index (χ1v) is 10.5. The molecule has 1 aromatic rings. The second kappa shape index (κ2) is 10.9. The van der Waals surface area contributed by atoms with Crippen molar-refractivity contribution in [1.82, 2.24) is 10.6 Å². The van der Waals surface area contributed by atoms with Gasteiger partial charge in [0.2, 0.25) is 0 Å². The summed E-state index contributed by atoms with van der Waals surface area (Å²) in [7, 11) is 1.84. The van der Waals surface area contributed by atoms with Crippen LogP contribution in [0.25, 0.3) is 0 Å². The van der Waals surface area contributed by atoms with Crippen molar-refractivity contribution in [2.45, 2.75) is 25.0 Å². The molecule has 0 radical (unpaired) electrons. The SMILES string of the molecule is CN=C(NCC1CCN(c2ccc(Br)cc2)C1)NCC(C)(C)SC.I. The summed E-state index contributed by atoms with van der Waals surface area (Å²) in [6.07, 6.45) is 3.36. The number of anilines is 1. The first-order valence-electron chi connectivity index (χ1n) is 8.44. The molecular weight excluding hydrogens is 511 g/mol. The Labute approximate surface area is 182 Å². The average molecular weight is 541 g/mol. The predicted octanol–water partition coefficient (Wildman–Crippen LogP) is 4.20. The summed E-state index contributed by atoms with van der Waals surface area (Å²) in [6, 6.07) is 8.59. The Bertz CT molecular complexity index is 551. The van der Waals surface area contributed by atoms with Crippen LogP contribution in [0.5, 0.6) is 0 Å². The zero-order valence-electron chi connectivity index (χ0n) is 15.5. The van der Waals surface area contributed by atoms with Crippen molar-refractivity contribution >= 4 is 63.3 Å². The van der Waals surface area contributed by atoms with Gasteiger partial charge in [-0.15, -0.1) is 24.0 Å². The molecule has 1 aliphatic heterocycles. The van der Waals surface area contributed by atoms with Crippen LogP contribution in [0.3, 0.4) is 0 Å². The van der Waals surface area contributed by atoms with E-state index in [0.29, 0.717) is 5.92 Å². The molecule has 2 rings (SSSR count). The number of benzene rings is 1. The van der Waals surface area contributed by atoms with Crippen LogP contribution in [-0.2, 0) is 0 Å². The monoisotopic (exact) mass is 540 g/mol. The van der Waals surface area contributed by atoms with Crippen LogP contribution >= 0.6 is 51.7 Å². The third-order valence-corrected chi connectivity index (χ3v) is 6.27. The molecule has 4 nitrogen and oxygen atoms in total. The summed E-state index contributed by atoms with van der Waals surface area (Å²) >= 11 is 5.36. The molecule has 25 heavy (non-hydrogen) atoms. The molecule has 1 fully saturated rings. The van der Waals surface area contributed by atoms with E-state index < -0.39 is 0 Å². The van der Waals surface area contributed by atoms with Crippen LogP contribution in [0.15, 0.2) is 33.7 Å². The maximum Gasteiger partial charge on any atom is 0.191 e. The quantitative estimate of drug-likeness (QED) is 0.322. The Balaban J connectivity index is 0.00000312. The van der Waals surface area contributed by atoms with Crippen molar-refractivity contribution in [2.75, 3.05) is 44.4 Å². The van der Waals surface area contributed by atoms with Gasteiger partial charge < -0.3 is 15.5 Å². The van der Waals surface area contributed by atoms with E-state index >= 15 is 0 Å². The summed E-state index contributed by atoms with van der Waals surface area (Å²) in [6.45, 7) is 8.58. The molecule has 1 atom stereocenters. The average Bonchev–Trinajstić information content (AvgIpc) is 3.04. The summed E-state index contributed by atoms with van der Waals surface area (Å²) in [5, 5.41) is 6.92. The van der Waals surface area contributed by atoms with E-state index in [0.717, 1.165) is 36.6 Å². The van der Waals surface area contributed by atoms with Crippen LogP contribution in [0.1, 0.15) is 20.3 Å². The fraction of sp³-hybridized carbons (Fsp3) is 0.611. The van der Waals surface area contributed by atoms with Gasteiger partial charge in [0, 0.05) is 48.1 Å². The van der Waals surface area contributed by atoms with E-state index in [2.05, 4.69) is 80.8 Å². The first-order chi connectivity index (χ1) is 11.4. The fourth-order valence-corrected chi connectivity index (χ4v) is 3.20. The summed E-state index contributed by atoms with van der Waals surface area (Å²) in [4.78, 5) is 6.80. The number of hydrogen-bond acceptors (Lipinski definition) is 3. The van der Waals surface area contributed by atoms with Gasteiger partial charge >= 0.3 is 0 Å². The lowest BCUT2D eigenvalue weighted by molar-refractivity contribution is 0.562. The van der Waals surface area contributed by atoms with Gasteiger partial charge in [-0.3, -0.25) is 4.99 Å². The molecule has 0 aliphatic carbocycles. The van der Waals surface area contributed by atoms with Crippen LogP contribution in [0.4, 0.5) is 5.69 Å². The number of rotatable bonds is 6. The molecule has 142 valence electrons. The standard InChI is InChI=1S/C18H29BrN4S.HI/c1-18(2,24-4)13-22-17(20-3)21-11-14-9-10-23(12-14)16-7-5-15(19)6-8-16;/h5-8,14H,9-13H2,1-4H3,(H2,20,21,22);1H. The Morgan fingerprint density at radius 1 is 1.32 bits per heavy atom. The van der Waals surface area contributed by atoms with E-state index in [4.69, 9.17) is 0 Å². The van der Waals surface area contributed by atoms with Crippen molar-refractivity contribution in [1.29, 1.82) is 0 Å². The summed E-state index contributed by atoms with van der Waals surface area (Å²) in [5.74, 6) is 1.56. The summed E-state index contributed by atoms with van der Waals surface area (Å²) < 4.78 is 1.34. The topological polar surface area (TPSA) is 39.7 Å². The van der Waals surface area contributed by atoms with E-state index in [1.165, 1.54) is 12.1 Å². The molecule has 0 aromatic heterocycles. The van der Waals surface area contributed by atoms with Crippen LogP contribution in [-0.4, -0.2) is 50.2 Å². The van der Waals surface area contributed by atoms with Gasteiger partial charge in [-0.25, -0.2) is 0 Å². The van der Waals surface area contributed by atoms with Crippen molar-refractivity contribution in [3.63, 3.8) is 0 Å². The zero-order valence-corrected chi connectivity index (χ0v) is 20.2. The molecule has 0 amide bonds. The minimum absolute atomic E-state index is 0. The highest BCUT2D eigenvalue weighted by Crippen LogP contribution is 2.25. The molecule has 1 aliphatic rings. The van der Waals surface area contributed by atoms with Gasteiger partial charge in [-0.05, 0) is 56.7 Å². The van der Waals surface area contributed by atoms with Crippen molar-refractivity contribution < 1.29 is 0 Å². The Morgan fingerprint density at radius 3 is 2.60 bits per heavy atom. The van der Waals surface area contributed by atoms with Crippen molar-refractivity contribution in [2.24, 2.45) is 10.9 Å². The predicted molar refractivity (Wildman–Crippen MR) is 127 cm³/mol. The number of nitrogens with zero attached hydrogens (tertiary/aromatic N) is 2. The highest BCUT2D eigenvalue weighted by atomic mass is 127. The lowest BCUT2D eigenvalue weighted by atomic mass is 10.1. The molecule has 0 saturated carbocycles. The maximum atomic E-state index is 4.34. The van der Waals surface area contributed by atoms with Crippen LogP contribution in [0.2, 0.25) is 0 Å². The normalized spacial score (nSPS) is 18.0.